The van der Waals surface area contributed by atoms with E-state index in [1.165, 1.54) is 5.56 Å². The fourth-order valence-corrected chi connectivity index (χ4v) is 3.46. The number of hydrogen-bond acceptors (Lipinski definition) is 3. The normalized spacial score (nSPS) is 16.6. The summed E-state index contributed by atoms with van der Waals surface area (Å²) >= 11 is 0. The average Bonchev–Trinajstić information content (AvgIpc) is 2.95. The zero-order chi connectivity index (χ0) is 17.8. The highest BCUT2D eigenvalue weighted by Gasteiger charge is 2.23. The Morgan fingerprint density at radius 3 is 3.04 bits per heavy atom. The predicted octanol–water partition coefficient (Wildman–Crippen LogP) is 3.70. The second-order valence-electron chi connectivity index (χ2n) is 7.03. The molecular formula is C19H27N5O. The van der Waals surface area contributed by atoms with Gasteiger partial charge in [0.15, 0.2) is 0 Å². The molecular weight excluding hydrogens is 314 g/mol. The Bertz CT molecular complexity index is 737. The lowest BCUT2D eigenvalue weighted by Crippen LogP contribution is -2.35. The number of urea groups is 1. The van der Waals surface area contributed by atoms with Gasteiger partial charge in [-0.05, 0) is 43.2 Å². The van der Waals surface area contributed by atoms with Crippen molar-refractivity contribution in [3.05, 3.63) is 41.5 Å². The topological polar surface area (TPSA) is 71.8 Å². The van der Waals surface area contributed by atoms with E-state index in [-0.39, 0.29) is 12.1 Å². The van der Waals surface area contributed by atoms with E-state index in [2.05, 4.69) is 47.6 Å². The molecule has 2 heterocycles. The van der Waals surface area contributed by atoms with Gasteiger partial charge in [-0.1, -0.05) is 26.8 Å². The second-order valence-corrected chi connectivity index (χ2v) is 7.03. The zero-order valence-corrected chi connectivity index (χ0v) is 15.2. The van der Waals surface area contributed by atoms with Gasteiger partial charge in [0.2, 0.25) is 0 Å². The van der Waals surface area contributed by atoms with Crippen LogP contribution in [0, 0.1) is 5.92 Å². The van der Waals surface area contributed by atoms with Crippen LogP contribution >= 0.6 is 0 Å². The average molecular weight is 341 g/mol. The molecule has 25 heavy (non-hydrogen) atoms. The number of hydrogen-bond donors (Lipinski definition) is 2. The van der Waals surface area contributed by atoms with Gasteiger partial charge in [0.25, 0.3) is 0 Å². The summed E-state index contributed by atoms with van der Waals surface area (Å²) < 4.78 is 1.98. The van der Waals surface area contributed by atoms with Crippen molar-refractivity contribution in [1.82, 2.24) is 20.1 Å². The van der Waals surface area contributed by atoms with Crippen LogP contribution in [0.2, 0.25) is 0 Å². The maximum Gasteiger partial charge on any atom is 0.319 e. The number of fused-ring (bicyclic) bond motifs is 1. The molecule has 6 heteroatoms. The molecule has 0 aromatic carbocycles. The Kier molecular flexibility index (Phi) is 5.36. The molecule has 2 aromatic heterocycles. The maximum atomic E-state index is 12.5. The second kappa shape index (κ2) is 7.68. The van der Waals surface area contributed by atoms with Crippen molar-refractivity contribution in [2.45, 2.75) is 59.0 Å². The molecule has 134 valence electrons. The van der Waals surface area contributed by atoms with Crippen LogP contribution in [0.1, 0.15) is 56.6 Å². The fourth-order valence-electron chi connectivity index (χ4n) is 3.46. The van der Waals surface area contributed by atoms with Gasteiger partial charge in [0, 0.05) is 12.7 Å². The lowest BCUT2D eigenvalue weighted by atomic mass is 9.92. The number of amides is 2. The summed E-state index contributed by atoms with van der Waals surface area (Å²) in [6.07, 6.45) is 7.39. The van der Waals surface area contributed by atoms with Crippen LogP contribution in [0.15, 0.2) is 24.5 Å². The van der Waals surface area contributed by atoms with Crippen LogP contribution in [0.3, 0.4) is 0 Å². The minimum atomic E-state index is -0.192. The van der Waals surface area contributed by atoms with Crippen molar-refractivity contribution < 1.29 is 4.79 Å². The molecule has 1 aliphatic carbocycles. The number of aromatic nitrogens is 3. The minimum Gasteiger partial charge on any atom is -0.329 e. The summed E-state index contributed by atoms with van der Waals surface area (Å²) in [6.45, 7) is 7.26. The van der Waals surface area contributed by atoms with Crippen molar-refractivity contribution in [1.29, 1.82) is 0 Å². The van der Waals surface area contributed by atoms with Crippen LogP contribution in [0.5, 0.6) is 0 Å². The van der Waals surface area contributed by atoms with E-state index < -0.39 is 0 Å². The molecule has 0 spiro atoms. The van der Waals surface area contributed by atoms with Gasteiger partial charge in [0.1, 0.15) is 0 Å². The molecule has 3 rings (SSSR count). The smallest absolute Gasteiger partial charge is 0.319 e. The summed E-state index contributed by atoms with van der Waals surface area (Å²) in [4.78, 5) is 17.0. The summed E-state index contributed by atoms with van der Waals surface area (Å²) in [6, 6.07) is 3.83. The number of anilines is 1. The van der Waals surface area contributed by atoms with Crippen LogP contribution in [-0.4, -0.2) is 20.8 Å². The van der Waals surface area contributed by atoms with E-state index in [0.717, 1.165) is 49.3 Å². The van der Waals surface area contributed by atoms with Crippen molar-refractivity contribution in [3.63, 3.8) is 0 Å². The predicted molar refractivity (Wildman–Crippen MR) is 98.5 cm³/mol. The van der Waals surface area contributed by atoms with Crippen molar-refractivity contribution >= 4 is 11.7 Å². The Hall–Kier alpha value is -2.37. The largest absolute Gasteiger partial charge is 0.329 e. The van der Waals surface area contributed by atoms with Gasteiger partial charge >= 0.3 is 6.03 Å². The lowest BCUT2D eigenvalue weighted by molar-refractivity contribution is 0.246. The van der Waals surface area contributed by atoms with Crippen LogP contribution in [0.25, 0.3) is 0 Å². The molecule has 0 aliphatic heterocycles. The third-order valence-corrected chi connectivity index (χ3v) is 4.57. The lowest BCUT2D eigenvalue weighted by Gasteiger charge is -2.25. The van der Waals surface area contributed by atoms with Crippen molar-refractivity contribution in [3.8, 4) is 0 Å². The number of nitrogens with one attached hydrogen (secondary N) is 2. The molecule has 2 amide bonds. The molecule has 2 aromatic rings. The SMILES string of the molecule is CCc1c(NC(=O)N[C@H]2CCCc3cccnc32)cnn1CC(C)C. The molecule has 0 unspecified atom stereocenters. The maximum absolute atomic E-state index is 12.5. The number of aryl methyl sites for hydroxylation is 1. The van der Waals surface area contributed by atoms with E-state index >= 15 is 0 Å². The van der Waals surface area contributed by atoms with E-state index in [0.29, 0.717) is 5.92 Å². The van der Waals surface area contributed by atoms with Crippen LogP contribution < -0.4 is 10.6 Å². The molecule has 0 saturated carbocycles. The Balaban J connectivity index is 1.69. The Morgan fingerprint density at radius 2 is 2.28 bits per heavy atom. The molecule has 1 aliphatic rings. The summed E-state index contributed by atoms with van der Waals surface area (Å²) in [5.41, 5.74) is 4.08. The number of carbonyl (C=O) groups excluding carboxylic acids is 1. The number of nitrogens with zero attached hydrogens (tertiary/aromatic N) is 3. The molecule has 2 N–H and O–H groups in total. The number of pyridine rings is 1. The molecule has 0 saturated heterocycles. The summed E-state index contributed by atoms with van der Waals surface area (Å²) in [7, 11) is 0. The Morgan fingerprint density at radius 1 is 1.44 bits per heavy atom. The number of rotatable bonds is 5. The van der Waals surface area contributed by atoms with Crippen molar-refractivity contribution in [2.75, 3.05) is 5.32 Å². The van der Waals surface area contributed by atoms with Gasteiger partial charge < -0.3 is 10.6 Å². The van der Waals surface area contributed by atoms with Crippen LogP contribution in [-0.2, 0) is 19.4 Å². The van der Waals surface area contributed by atoms with E-state index in [4.69, 9.17) is 0 Å². The molecule has 6 nitrogen and oxygen atoms in total. The Labute approximate surface area is 149 Å². The van der Waals surface area contributed by atoms with Crippen molar-refractivity contribution in [2.24, 2.45) is 5.92 Å². The summed E-state index contributed by atoms with van der Waals surface area (Å²) in [5, 5.41) is 10.5. The highest BCUT2D eigenvalue weighted by molar-refractivity contribution is 5.90. The van der Waals surface area contributed by atoms with Crippen LogP contribution in [0.4, 0.5) is 10.5 Å². The van der Waals surface area contributed by atoms with E-state index in [1.54, 1.807) is 12.4 Å². The van der Waals surface area contributed by atoms with Gasteiger partial charge in [-0.2, -0.15) is 5.10 Å². The standard InChI is InChI=1S/C19H27N5O/c1-4-17-16(11-21-24(17)12-13(2)3)23-19(25)22-15-9-5-7-14-8-6-10-20-18(14)15/h6,8,10-11,13,15H,4-5,7,9,12H2,1-3H3,(H2,22,23,25)/t15-/m0/s1. The third kappa shape index (κ3) is 4.00. The molecule has 0 fully saturated rings. The van der Waals surface area contributed by atoms with Gasteiger partial charge in [-0.15, -0.1) is 0 Å². The fraction of sp³-hybridized carbons (Fsp3) is 0.526. The highest BCUT2D eigenvalue weighted by atomic mass is 16.2. The van der Waals surface area contributed by atoms with E-state index in [1.807, 2.05) is 10.7 Å². The first-order valence-corrected chi connectivity index (χ1v) is 9.14. The highest BCUT2D eigenvalue weighted by Crippen LogP contribution is 2.27. The molecule has 0 radical (unpaired) electrons. The van der Waals surface area contributed by atoms with Gasteiger partial charge in [-0.3, -0.25) is 9.67 Å². The number of carbonyl (C=O) groups is 1. The molecule has 1 atom stereocenters. The van der Waals surface area contributed by atoms with Gasteiger partial charge in [-0.25, -0.2) is 4.79 Å². The summed E-state index contributed by atoms with van der Waals surface area (Å²) in [5.74, 6) is 0.511. The van der Waals surface area contributed by atoms with E-state index in [9.17, 15) is 4.79 Å². The first-order chi connectivity index (χ1) is 12.1. The quantitative estimate of drug-likeness (QED) is 0.871. The first kappa shape index (κ1) is 17.5. The zero-order valence-electron chi connectivity index (χ0n) is 15.2. The monoisotopic (exact) mass is 341 g/mol. The van der Waals surface area contributed by atoms with Gasteiger partial charge in [0.05, 0.1) is 29.3 Å². The third-order valence-electron chi connectivity index (χ3n) is 4.57. The molecule has 0 bridgehead atoms. The minimum absolute atomic E-state index is 0.0271. The first-order valence-electron chi connectivity index (χ1n) is 9.14.